The highest BCUT2D eigenvalue weighted by atomic mass is 32.1. The van der Waals surface area contributed by atoms with Gasteiger partial charge in [0.1, 0.15) is 4.88 Å². The summed E-state index contributed by atoms with van der Waals surface area (Å²) in [6.07, 6.45) is 0. The summed E-state index contributed by atoms with van der Waals surface area (Å²) in [5.41, 5.74) is -3.19. The minimum absolute atomic E-state index is 0.196. The van der Waals surface area contributed by atoms with Crippen molar-refractivity contribution in [3.63, 3.8) is 0 Å². The zero-order valence-electron chi connectivity index (χ0n) is 18.5. The number of hydrogen-bond acceptors (Lipinski definition) is 5. The average molecular weight is 435 g/mol. The molecule has 7 heteroatoms. The Hall–Kier alpha value is -2.41. The topological polar surface area (TPSA) is 101 Å². The van der Waals surface area contributed by atoms with E-state index in [2.05, 4.69) is 0 Å². The fourth-order valence-corrected chi connectivity index (χ4v) is 5.93. The summed E-state index contributed by atoms with van der Waals surface area (Å²) in [6, 6.07) is 6.50. The molecule has 6 nitrogen and oxygen atoms in total. The summed E-state index contributed by atoms with van der Waals surface area (Å²) in [5.74, 6) is -3.97. The van der Waals surface area contributed by atoms with Crippen molar-refractivity contribution < 1.29 is 29.3 Å². The van der Waals surface area contributed by atoms with Gasteiger partial charge >= 0.3 is 17.9 Å². The summed E-state index contributed by atoms with van der Waals surface area (Å²) in [6.45, 7) is 13.2. The Morgan fingerprint density at radius 2 is 1.50 bits per heavy atom. The van der Waals surface area contributed by atoms with Gasteiger partial charge in [-0.2, -0.15) is 0 Å². The smallest absolute Gasteiger partial charge is 0.348 e. The van der Waals surface area contributed by atoms with Crippen LogP contribution in [-0.4, -0.2) is 34.7 Å². The summed E-state index contributed by atoms with van der Waals surface area (Å²) in [5, 5.41) is 21.4. The number of aliphatic carboxylic acids is 2. The summed E-state index contributed by atoms with van der Waals surface area (Å²) in [4.78, 5) is 37.8. The first-order chi connectivity index (χ1) is 13.7. The van der Waals surface area contributed by atoms with Crippen LogP contribution in [0.2, 0.25) is 0 Å². The van der Waals surface area contributed by atoms with E-state index in [9.17, 15) is 24.6 Å². The Balaban J connectivity index is 2.82. The van der Waals surface area contributed by atoms with Gasteiger partial charge in [-0.15, -0.1) is 11.3 Å². The van der Waals surface area contributed by atoms with Gasteiger partial charge in [0.15, 0.2) is 5.41 Å². The number of hydrogen-bond donors (Lipinski definition) is 2. The summed E-state index contributed by atoms with van der Waals surface area (Å²) < 4.78 is 5.68. The number of rotatable bonds is 6. The number of carboxylic acids is 2. The quantitative estimate of drug-likeness (QED) is 0.479. The van der Waals surface area contributed by atoms with E-state index in [0.717, 1.165) is 5.39 Å². The zero-order chi connectivity index (χ0) is 23.1. The number of carboxylic acid groups (broad SMARTS) is 2. The molecule has 0 aliphatic carbocycles. The third-order valence-corrected chi connectivity index (χ3v) is 6.37. The van der Waals surface area contributed by atoms with Gasteiger partial charge in [0.2, 0.25) is 0 Å². The van der Waals surface area contributed by atoms with Gasteiger partial charge in [-0.3, -0.25) is 9.59 Å². The zero-order valence-corrected chi connectivity index (χ0v) is 19.3. The largest absolute Gasteiger partial charge is 0.480 e. The molecule has 0 amide bonds. The van der Waals surface area contributed by atoms with Gasteiger partial charge in [0.25, 0.3) is 0 Å². The van der Waals surface area contributed by atoms with Gasteiger partial charge < -0.3 is 14.9 Å². The first-order valence-corrected chi connectivity index (χ1v) is 10.7. The molecule has 1 aromatic carbocycles. The Labute approximate surface area is 180 Å². The molecule has 30 heavy (non-hydrogen) atoms. The van der Waals surface area contributed by atoms with E-state index in [1.165, 1.54) is 11.3 Å². The molecule has 0 radical (unpaired) electrons. The van der Waals surface area contributed by atoms with Crippen LogP contribution in [0.25, 0.3) is 10.1 Å². The number of ether oxygens (including phenoxy) is 1. The van der Waals surface area contributed by atoms with Crippen LogP contribution in [0.1, 0.15) is 63.7 Å². The van der Waals surface area contributed by atoms with Crippen molar-refractivity contribution in [3.8, 4) is 0 Å². The molecule has 2 N–H and O–H groups in total. The van der Waals surface area contributed by atoms with Gasteiger partial charge in [0, 0.05) is 4.70 Å². The molecule has 0 saturated heterocycles. The molecule has 2 aromatic rings. The lowest BCUT2D eigenvalue weighted by Gasteiger charge is -2.49. The van der Waals surface area contributed by atoms with Crippen LogP contribution in [0.5, 0.6) is 0 Å². The Morgan fingerprint density at radius 1 is 0.967 bits per heavy atom. The standard InChI is InChI=1S/C23H30O6S/c1-8-29-17(24)16-11-13-9-10-14(12-15(13)30-16)23(19(25)26,20(27)28)18(21(2,3)4)22(5,6)7/h9-12,18H,8H2,1-7H3,(H,25,26)(H,27,28). The number of carbonyl (C=O) groups is 3. The van der Waals surface area contributed by atoms with Crippen molar-refractivity contribution >= 4 is 39.3 Å². The predicted octanol–water partition coefficient (Wildman–Crippen LogP) is 5.19. The molecular weight excluding hydrogens is 404 g/mol. The van der Waals surface area contributed by atoms with Gasteiger partial charge in [-0.05, 0) is 46.8 Å². The minimum atomic E-state index is -2.15. The van der Waals surface area contributed by atoms with Crippen LogP contribution in [0.15, 0.2) is 24.3 Å². The second-order valence-corrected chi connectivity index (χ2v) is 10.8. The first-order valence-electron chi connectivity index (χ1n) is 9.85. The average Bonchev–Trinajstić information content (AvgIpc) is 3.00. The van der Waals surface area contributed by atoms with Crippen molar-refractivity contribution in [1.82, 2.24) is 0 Å². The van der Waals surface area contributed by atoms with Crippen LogP contribution in [0.3, 0.4) is 0 Å². The molecule has 0 atom stereocenters. The molecule has 0 fully saturated rings. The fourth-order valence-electron chi connectivity index (χ4n) is 4.93. The second-order valence-electron chi connectivity index (χ2n) is 9.67. The van der Waals surface area contributed by atoms with Crippen molar-refractivity contribution in [2.24, 2.45) is 16.7 Å². The Morgan fingerprint density at radius 3 is 1.93 bits per heavy atom. The van der Waals surface area contributed by atoms with Crippen LogP contribution in [0, 0.1) is 16.7 Å². The van der Waals surface area contributed by atoms with E-state index in [1.54, 1.807) is 31.2 Å². The minimum Gasteiger partial charge on any atom is -0.480 e. The van der Waals surface area contributed by atoms with Gasteiger partial charge in [0.05, 0.1) is 6.61 Å². The maximum Gasteiger partial charge on any atom is 0.348 e. The third kappa shape index (κ3) is 4.08. The SMILES string of the molecule is CCOC(=O)c1cc2ccc(C(C(=O)O)(C(=O)O)C(C(C)(C)C)C(C)(C)C)cc2s1. The van der Waals surface area contributed by atoms with Crippen LogP contribution in [-0.2, 0) is 19.7 Å². The maximum atomic E-state index is 12.7. The number of fused-ring (bicyclic) bond motifs is 1. The molecule has 0 unspecified atom stereocenters. The Bertz CT molecular complexity index is 946. The van der Waals surface area contributed by atoms with Crippen LogP contribution >= 0.6 is 11.3 Å². The van der Waals surface area contributed by atoms with E-state index >= 15 is 0 Å². The van der Waals surface area contributed by atoms with Crippen molar-refractivity contribution in [3.05, 3.63) is 34.7 Å². The molecule has 1 aromatic heterocycles. The van der Waals surface area contributed by atoms with E-state index < -0.39 is 40.1 Å². The normalized spacial score (nSPS) is 12.9. The molecular formula is C23H30O6S. The van der Waals surface area contributed by atoms with E-state index in [4.69, 9.17) is 4.74 Å². The molecule has 0 aliphatic rings. The molecule has 0 bridgehead atoms. The molecule has 2 rings (SSSR count). The lowest BCUT2D eigenvalue weighted by atomic mass is 9.52. The summed E-state index contributed by atoms with van der Waals surface area (Å²) in [7, 11) is 0. The van der Waals surface area contributed by atoms with E-state index in [-0.39, 0.29) is 12.2 Å². The van der Waals surface area contributed by atoms with Crippen LogP contribution in [0.4, 0.5) is 0 Å². The second kappa shape index (κ2) is 8.02. The van der Waals surface area contributed by atoms with Crippen LogP contribution < -0.4 is 0 Å². The maximum absolute atomic E-state index is 12.7. The molecule has 0 spiro atoms. The highest BCUT2D eigenvalue weighted by Crippen LogP contribution is 2.52. The fraction of sp³-hybridized carbons (Fsp3) is 0.522. The highest BCUT2D eigenvalue weighted by Gasteiger charge is 2.61. The Kier molecular flexibility index (Phi) is 6.38. The number of esters is 1. The van der Waals surface area contributed by atoms with E-state index in [0.29, 0.717) is 9.58 Å². The summed E-state index contributed by atoms with van der Waals surface area (Å²) >= 11 is 1.17. The van der Waals surface area contributed by atoms with Gasteiger partial charge in [-0.1, -0.05) is 53.7 Å². The molecule has 1 heterocycles. The number of thiophene rings is 1. The third-order valence-electron chi connectivity index (χ3n) is 5.29. The van der Waals surface area contributed by atoms with Crippen molar-refractivity contribution in [2.45, 2.75) is 53.9 Å². The van der Waals surface area contributed by atoms with E-state index in [1.807, 2.05) is 41.5 Å². The highest BCUT2D eigenvalue weighted by molar-refractivity contribution is 7.20. The van der Waals surface area contributed by atoms with Gasteiger partial charge in [-0.25, -0.2) is 4.79 Å². The monoisotopic (exact) mass is 434 g/mol. The lowest BCUT2D eigenvalue weighted by Crippen LogP contribution is -2.58. The van der Waals surface area contributed by atoms with Crippen molar-refractivity contribution in [1.29, 1.82) is 0 Å². The van der Waals surface area contributed by atoms with Crippen molar-refractivity contribution in [2.75, 3.05) is 6.61 Å². The molecule has 164 valence electrons. The number of benzene rings is 1. The molecule has 0 aliphatic heterocycles. The first kappa shape index (κ1) is 23.9. The predicted molar refractivity (Wildman–Crippen MR) is 117 cm³/mol. The molecule has 0 saturated carbocycles. The lowest BCUT2D eigenvalue weighted by molar-refractivity contribution is -0.168. The number of carbonyl (C=O) groups excluding carboxylic acids is 1.